The van der Waals surface area contributed by atoms with Gasteiger partial charge in [0.1, 0.15) is 10.0 Å². The summed E-state index contributed by atoms with van der Waals surface area (Å²) in [7, 11) is -1.03. The van der Waals surface area contributed by atoms with Crippen molar-refractivity contribution in [1.82, 2.24) is 28.1 Å². The Labute approximate surface area is 572 Å². The Morgan fingerprint density at radius 1 is 0.511 bits per heavy atom. The van der Waals surface area contributed by atoms with Crippen molar-refractivity contribution in [3.8, 4) is 44.0 Å². The van der Waals surface area contributed by atoms with E-state index >= 15 is 0 Å². The van der Waals surface area contributed by atoms with Gasteiger partial charge in [-0.2, -0.15) is 18.1 Å². The van der Waals surface area contributed by atoms with Crippen LogP contribution in [0.15, 0.2) is 107 Å². The number of carbonyl (C=O) groups excluding carboxylic acids is 2. The van der Waals surface area contributed by atoms with Crippen molar-refractivity contribution in [1.29, 1.82) is 0 Å². The van der Waals surface area contributed by atoms with Gasteiger partial charge < -0.3 is 43.5 Å². The third-order valence-corrected chi connectivity index (χ3v) is 19.9. The number of nitrogens with zero attached hydrogens (tertiary/aromatic N) is 9. The number of anilines is 3. The largest absolute Gasteiger partial charge is 0.504 e. The number of carbonyl (C=O) groups is 2. The van der Waals surface area contributed by atoms with Gasteiger partial charge in [0.2, 0.25) is 13.9 Å². The van der Waals surface area contributed by atoms with Gasteiger partial charge in [-0.05, 0) is 244 Å². The van der Waals surface area contributed by atoms with Gasteiger partial charge in [0.15, 0.2) is 41.5 Å². The quantitative estimate of drug-likeness (QED) is 0.0967. The number of phenolic OH excluding ortho intramolecular Hbond substituents is 2. The van der Waals surface area contributed by atoms with Crippen molar-refractivity contribution in [2.75, 3.05) is 54.0 Å². The first kappa shape index (κ1) is 70.7. The zero-order valence-corrected chi connectivity index (χ0v) is 58.8. The van der Waals surface area contributed by atoms with Crippen molar-refractivity contribution in [2.24, 2.45) is 0 Å². The Hall–Kier alpha value is -5.14. The standard InChI is InChI=1S/C19H16FN3O2S.C16H24BNO2.C13H16BFO4.C12H12BrN3S.C2BrClN2S.Pd/c20-16-10-13(8-14(11-24)17(16)25)18-21-19(26-22-18)12-4-3-5-15(9-12)23-6-1-2-7-23;1-15(2)16(3,4)20-17(19-15)13-8-7-9-14(12-13)18-10-5-6-11-18;1-12(2)13(3,4)19-14(18-12)9-5-8(7-16)11(17)10(15)6-9;13-12-14-11(17-15-12)9-4-3-5-10(8-9)16-6-1-2-7-16;3-1-5-2(4)7-6-1;/h3-5,8-11,25H,1-2,6-7H2;7-9,12H,5-6,10-11H2,1-4H3;5-7,17H,1-4H3;3-5,8H,1-2,6-7H2;;. The molecule has 13 rings (SSSR count). The minimum absolute atomic E-state index is 0. The van der Waals surface area contributed by atoms with Crippen LogP contribution in [0.2, 0.25) is 4.47 Å². The number of aromatic hydroxyl groups is 2. The molecule has 5 aromatic carbocycles. The fraction of sp³-hybridized carbons (Fsp3) is 0.387. The van der Waals surface area contributed by atoms with Crippen LogP contribution in [0.1, 0.15) is 115 Å². The maximum Gasteiger partial charge on any atom is 0.494 e. The summed E-state index contributed by atoms with van der Waals surface area (Å²) in [5.74, 6) is -2.71. The minimum Gasteiger partial charge on any atom is -0.504 e. The third-order valence-electron chi connectivity index (χ3n) is 16.4. The van der Waals surface area contributed by atoms with Crippen molar-refractivity contribution in [2.45, 2.75) is 116 Å². The van der Waals surface area contributed by atoms with Crippen LogP contribution in [-0.4, -0.2) is 127 Å². The molecule has 0 spiro atoms. The number of aromatic nitrogens is 6. The number of benzene rings is 5. The van der Waals surface area contributed by atoms with Gasteiger partial charge in [0, 0.05) is 93.4 Å². The zero-order chi connectivity index (χ0) is 63.8. The van der Waals surface area contributed by atoms with E-state index in [9.17, 15) is 28.6 Å². The van der Waals surface area contributed by atoms with Crippen molar-refractivity contribution in [3.05, 3.63) is 134 Å². The van der Waals surface area contributed by atoms with Gasteiger partial charge in [-0.15, -0.1) is 0 Å². The van der Waals surface area contributed by atoms with E-state index < -0.39 is 41.5 Å². The number of aldehydes is 2. The summed E-state index contributed by atoms with van der Waals surface area (Å²) in [4.78, 5) is 41.5. The molecule has 0 amide bonds. The van der Waals surface area contributed by atoms with Gasteiger partial charge in [-0.25, -0.2) is 18.7 Å². The van der Waals surface area contributed by atoms with Crippen LogP contribution < -0.4 is 25.6 Å². The molecule has 8 heterocycles. The van der Waals surface area contributed by atoms with E-state index in [1.54, 1.807) is 0 Å². The Balaban J connectivity index is 0.000000150. The van der Waals surface area contributed by atoms with Crippen LogP contribution in [0.3, 0.4) is 0 Å². The molecule has 5 saturated heterocycles. The summed E-state index contributed by atoms with van der Waals surface area (Å²) in [6, 6.07) is 30.3. The Morgan fingerprint density at radius 3 is 1.33 bits per heavy atom. The number of hydrogen-bond acceptors (Lipinski definition) is 20. The molecule has 5 aliphatic heterocycles. The van der Waals surface area contributed by atoms with Gasteiger partial charge in [-0.3, -0.25) is 9.59 Å². The minimum atomic E-state index is -0.866. The predicted molar refractivity (Wildman–Crippen MR) is 359 cm³/mol. The zero-order valence-electron chi connectivity index (χ0n) is 50.8. The second kappa shape index (κ2) is 30.7. The Kier molecular flexibility index (Phi) is 24.2. The summed E-state index contributed by atoms with van der Waals surface area (Å²) >= 11 is 15.5. The van der Waals surface area contributed by atoms with Crippen LogP contribution >= 0.6 is 78.1 Å². The number of hydrogen-bond donors (Lipinski definition) is 2. The molecule has 0 bridgehead atoms. The normalized spacial score (nSPS) is 17.5. The van der Waals surface area contributed by atoms with E-state index in [0.717, 1.165) is 82.1 Å². The van der Waals surface area contributed by atoms with Crippen LogP contribution in [0.5, 0.6) is 11.5 Å². The molecule has 0 radical (unpaired) electrons. The van der Waals surface area contributed by atoms with Gasteiger partial charge in [0.25, 0.3) is 0 Å². The van der Waals surface area contributed by atoms with Crippen LogP contribution in [0.25, 0.3) is 32.5 Å². The van der Waals surface area contributed by atoms with Gasteiger partial charge >= 0.3 is 14.2 Å². The van der Waals surface area contributed by atoms with E-state index in [1.807, 2.05) is 39.8 Å². The summed E-state index contributed by atoms with van der Waals surface area (Å²) < 4.78 is 65.0. The summed E-state index contributed by atoms with van der Waals surface area (Å²) in [6.45, 7) is 22.7. The number of phenols is 2. The Morgan fingerprint density at radius 2 is 0.911 bits per heavy atom. The van der Waals surface area contributed by atoms with Crippen LogP contribution in [0.4, 0.5) is 25.8 Å². The molecule has 5 aliphatic rings. The molecule has 0 atom stereocenters. The molecule has 17 nitrogen and oxygen atoms in total. The molecule has 3 aromatic heterocycles. The average Bonchev–Trinajstić information content (AvgIpc) is 2.13. The average molecular weight is 1520 g/mol. The number of halogens is 5. The van der Waals surface area contributed by atoms with E-state index in [2.05, 4.69) is 163 Å². The SMILES string of the molecule is Brc1nsc(-c2cccc(N3CCCC3)c2)n1.CC1(C)OB(c2cc(F)c(O)c(C=O)c2)OC1(C)C.CC1(C)OB(c2cccc(N3CCCC3)c2)OC1(C)C.Clc1nc(Br)ns1.O=Cc1cc(-c2nsc(-c3cccc(N4CCCC4)c3)n2)cc(F)c1O.[Pd]. The first-order valence-corrected chi connectivity index (χ1v) is 33.3. The third kappa shape index (κ3) is 17.4. The molecule has 5 fully saturated rings. The maximum absolute atomic E-state index is 13.8. The molecule has 2 N–H and O–H groups in total. The van der Waals surface area contributed by atoms with E-state index in [4.69, 9.17) is 30.2 Å². The second-order valence-electron chi connectivity index (χ2n) is 23.6. The predicted octanol–water partition coefficient (Wildman–Crippen LogP) is 13.9. The van der Waals surface area contributed by atoms with Crippen molar-refractivity contribution >= 4 is 133 Å². The van der Waals surface area contributed by atoms with E-state index in [1.165, 1.54) is 98.2 Å². The first-order chi connectivity index (χ1) is 42.3. The number of rotatable bonds is 10. The molecule has 478 valence electrons. The maximum atomic E-state index is 13.8. The molecular weight excluding hydrogens is 1460 g/mol. The molecule has 90 heavy (non-hydrogen) atoms. The molecule has 0 unspecified atom stereocenters. The summed E-state index contributed by atoms with van der Waals surface area (Å²) in [5.41, 5.74) is 5.81. The van der Waals surface area contributed by atoms with Gasteiger partial charge in [0.05, 0.1) is 33.5 Å². The van der Waals surface area contributed by atoms with E-state index in [0.29, 0.717) is 43.4 Å². The monoisotopic (exact) mass is 1520 g/mol. The molecular formula is C62H68B2Br2ClF2N9O8PdS3. The molecule has 28 heteroatoms. The van der Waals surface area contributed by atoms with Crippen molar-refractivity contribution in [3.63, 3.8) is 0 Å². The summed E-state index contributed by atoms with van der Waals surface area (Å²) in [5, 5.41) is 20.6. The summed E-state index contributed by atoms with van der Waals surface area (Å²) in [6.07, 6.45) is 8.41. The topological polar surface area (TPSA) is 199 Å². The molecule has 0 saturated carbocycles. The fourth-order valence-electron chi connectivity index (χ4n) is 10.1. The fourth-order valence-corrected chi connectivity index (χ4v) is 13.0. The first-order valence-electron chi connectivity index (χ1n) is 29.0. The van der Waals surface area contributed by atoms with Crippen molar-refractivity contribution < 1.29 is 67.6 Å². The Bertz CT molecular complexity index is 3710. The molecule has 0 aliphatic carbocycles. The molecule has 8 aromatic rings. The van der Waals surface area contributed by atoms with Crippen LogP contribution in [0, 0.1) is 11.6 Å². The van der Waals surface area contributed by atoms with Crippen LogP contribution in [-0.2, 0) is 39.0 Å². The van der Waals surface area contributed by atoms with Gasteiger partial charge in [-0.1, -0.05) is 36.4 Å². The second-order valence-corrected chi connectivity index (χ2v) is 27.9. The van der Waals surface area contributed by atoms with E-state index in [-0.39, 0.29) is 49.9 Å². The smallest absolute Gasteiger partial charge is 0.494 e.